The van der Waals surface area contributed by atoms with Gasteiger partial charge in [-0.05, 0) is 37.5 Å². The van der Waals surface area contributed by atoms with Gasteiger partial charge >= 0.3 is 0 Å². The van der Waals surface area contributed by atoms with Crippen LogP contribution in [0, 0.1) is 6.92 Å². The third-order valence-electron chi connectivity index (χ3n) is 4.82. The number of hydrogen-bond acceptors (Lipinski definition) is 4. The summed E-state index contributed by atoms with van der Waals surface area (Å²) in [6, 6.07) is 4.95. The van der Waals surface area contributed by atoms with Crippen molar-refractivity contribution < 1.29 is 17.9 Å². The maximum Gasteiger partial charge on any atom is 0.253 e. The number of methoxy groups -OCH3 is 1. The summed E-state index contributed by atoms with van der Waals surface area (Å²) in [5.41, 5.74) is 1.08. The van der Waals surface area contributed by atoms with Crippen LogP contribution < -0.4 is 0 Å². The highest BCUT2D eigenvalue weighted by Gasteiger charge is 2.27. The lowest BCUT2D eigenvalue weighted by Gasteiger charge is -2.31. The van der Waals surface area contributed by atoms with Gasteiger partial charge in [0.15, 0.2) is 0 Å². The zero-order chi connectivity index (χ0) is 18.6. The van der Waals surface area contributed by atoms with Crippen LogP contribution in [0.15, 0.2) is 23.1 Å². The molecule has 1 aliphatic heterocycles. The summed E-state index contributed by atoms with van der Waals surface area (Å²) in [5.74, 6) is -0.120. The predicted molar refractivity (Wildman–Crippen MR) is 97.2 cm³/mol. The first-order chi connectivity index (χ1) is 11.8. The summed E-state index contributed by atoms with van der Waals surface area (Å²) in [4.78, 5) is 14.8. The largest absolute Gasteiger partial charge is 0.381 e. The molecule has 0 atom stereocenters. The molecule has 1 aromatic carbocycles. The van der Waals surface area contributed by atoms with Gasteiger partial charge in [0.2, 0.25) is 10.0 Å². The standard InChI is InChI=1S/C18H28N2O4S/c1-5-20(6-2)25(22,23)17-13-15(8-7-14(17)3)18(21)19-11-9-16(24-4)10-12-19/h7-8,13,16H,5-6,9-12H2,1-4H3. The van der Waals surface area contributed by atoms with Gasteiger partial charge in [-0.3, -0.25) is 4.79 Å². The molecule has 0 spiro atoms. The van der Waals surface area contributed by atoms with Crippen LogP contribution in [0.2, 0.25) is 0 Å². The van der Waals surface area contributed by atoms with E-state index >= 15 is 0 Å². The Morgan fingerprint density at radius 3 is 2.36 bits per heavy atom. The van der Waals surface area contributed by atoms with E-state index in [1.165, 1.54) is 10.4 Å². The van der Waals surface area contributed by atoms with Gasteiger partial charge in [0.25, 0.3) is 5.91 Å². The normalized spacial score (nSPS) is 16.4. The monoisotopic (exact) mass is 368 g/mol. The highest BCUT2D eigenvalue weighted by atomic mass is 32.2. The number of amides is 1. The van der Waals surface area contributed by atoms with Crippen molar-refractivity contribution in [1.82, 2.24) is 9.21 Å². The Balaban J connectivity index is 2.28. The lowest BCUT2D eigenvalue weighted by Crippen LogP contribution is -2.40. The number of rotatable bonds is 6. The molecule has 1 heterocycles. The molecule has 0 N–H and O–H groups in total. The summed E-state index contributed by atoms with van der Waals surface area (Å²) in [6.45, 7) is 7.44. The SMILES string of the molecule is CCN(CC)S(=O)(=O)c1cc(C(=O)N2CCC(OC)CC2)ccc1C. The Morgan fingerprint density at radius 1 is 1.24 bits per heavy atom. The van der Waals surface area contributed by atoms with Crippen LogP contribution in [0.1, 0.15) is 42.6 Å². The van der Waals surface area contributed by atoms with E-state index in [0.29, 0.717) is 37.3 Å². The molecule has 1 amide bonds. The zero-order valence-corrected chi connectivity index (χ0v) is 16.3. The first-order valence-electron chi connectivity index (χ1n) is 8.78. The molecule has 25 heavy (non-hydrogen) atoms. The number of hydrogen-bond donors (Lipinski definition) is 0. The Hall–Kier alpha value is -1.44. The summed E-state index contributed by atoms with van der Waals surface area (Å²) in [7, 11) is -1.90. The maximum absolute atomic E-state index is 12.8. The van der Waals surface area contributed by atoms with E-state index in [2.05, 4.69) is 0 Å². The smallest absolute Gasteiger partial charge is 0.253 e. The summed E-state index contributed by atoms with van der Waals surface area (Å²) in [6.07, 6.45) is 1.80. The molecular weight excluding hydrogens is 340 g/mol. The molecule has 0 aliphatic carbocycles. The fourth-order valence-electron chi connectivity index (χ4n) is 3.19. The molecule has 7 heteroatoms. The molecule has 1 aliphatic rings. The second-order valence-corrected chi connectivity index (χ2v) is 8.20. The number of nitrogens with zero attached hydrogens (tertiary/aromatic N) is 2. The minimum Gasteiger partial charge on any atom is -0.381 e. The van der Waals surface area contributed by atoms with Gasteiger partial charge in [-0.1, -0.05) is 19.9 Å². The molecule has 1 fully saturated rings. The van der Waals surface area contributed by atoms with Crippen molar-refractivity contribution in [1.29, 1.82) is 0 Å². The highest BCUT2D eigenvalue weighted by Crippen LogP contribution is 2.23. The lowest BCUT2D eigenvalue weighted by molar-refractivity contribution is 0.0350. The van der Waals surface area contributed by atoms with Gasteiger partial charge in [0.1, 0.15) is 0 Å². The number of sulfonamides is 1. The van der Waals surface area contributed by atoms with Crippen molar-refractivity contribution in [3.63, 3.8) is 0 Å². The number of ether oxygens (including phenoxy) is 1. The van der Waals surface area contributed by atoms with E-state index in [1.807, 2.05) is 13.8 Å². The van der Waals surface area contributed by atoms with Gasteiger partial charge in [-0.15, -0.1) is 0 Å². The first kappa shape index (κ1) is 19.9. The van der Waals surface area contributed by atoms with Crippen molar-refractivity contribution in [2.24, 2.45) is 0 Å². The average Bonchev–Trinajstić information content (AvgIpc) is 2.62. The molecule has 0 aromatic heterocycles. The van der Waals surface area contributed by atoms with E-state index < -0.39 is 10.0 Å². The van der Waals surface area contributed by atoms with Gasteiger partial charge in [-0.2, -0.15) is 4.31 Å². The van der Waals surface area contributed by atoms with Crippen LogP contribution in [0.3, 0.4) is 0 Å². The van der Waals surface area contributed by atoms with Crippen molar-refractivity contribution in [3.8, 4) is 0 Å². The minimum absolute atomic E-state index is 0.120. The van der Waals surface area contributed by atoms with Crippen LogP contribution in [-0.2, 0) is 14.8 Å². The number of piperidine rings is 1. The fourth-order valence-corrected chi connectivity index (χ4v) is 4.90. The van der Waals surface area contributed by atoms with Crippen molar-refractivity contribution in [2.75, 3.05) is 33.3 Å². The summed E-state index contributed by atoms with van der Waals surface area (Å²) in [5, 5.41) is 0. The van der Waals surface area contributed by atoms with Crippen molar-refractivity contribution >= 4 is 15.9 Å². The van der Waals surface area contributed by atoms with Crippen LogP contribution in [0.4, 0.5) is 0 Å². The lowest BCUT2D eigenvalue weighted by atomic mass is 10.1. The quantitative estimate of drug-likeness (QED) is 0.773. The molecule has 0 bridgehead atoms. The Morgan fingerprint density at radius 2 is 1.84 bits per heavy atom. The Labute approximate surface area is 150 Å². The van der Waals surface area contributed by atoms with Crippen molar-refractivity contribution in [2.45, 2.75) is 44.6 Å². The van der Waals surface area contributed by atoms with Crippen LogP contribution in [0.25, 0.3) is 0 Å². The van der Waals surface area contributed by atoms with E-state index in [0.717, 1.165) is 12.8 Å². The average molecular weight is 368 g/mol. The number of carbonyl (C=O) groups excluding carboxylic acids is 1. The first-order valence-corrected chi connectivity index (χ1v) is 10.2. The van der Waals surface area contributed by atoms with E-state index in [-0.39, 0.29) is 16.9 Å². The number of aryl methyl sites for hydroxylation is 1. The van der Waals surface area contributed by atoms with Crippen molar-refractivity contribution in [3.05, 3.63) is 29.3 Å². The summed E-state index contributed by atoms with van der Waals surface area (Å²) >= 11 is 0. The molecule has 140 valence electrons. The van der Waals surface area contributed by atoms with Gasteiger partial charge in [0, 0.05) is 38.9 Å². The Bertz CT molecular complexity index is 706. The van der Waals surface area contributed by atoms with Gasteiger partial charge in [-0.25, -0.2) is 8.42 Å². The van der Waals surface area contributed by atoms with Gasteiger partial charge in [0.05, 0.1) is 11.0 Å². The highest BCUT2D eigenvalue weighted by molar-refractivity contribution is 7.89. The predicted octanol–water partition coefficient (Wildman–Crippen LogP) is 2.28. The van der Waals surface area contributed by atoms with E-state index in [4.69, 9.17) is 4.74 Å². The molecule has 6 nitrogen and oxygen atoms in total. The van der Waals surface area contributed by atoms with Crippen LogP contribution in [0.5, 0.6) is 0 Å². The fraction of sp³-hybridized carbons (Fsp3) is 0.611. The third kappa shape index (κ3) is 4.22. The molecule has 2 rings (SSSR count). The molecule has 0 unspecified atom stereocenters. The number of carbonyl (C=O) groups is 1. The third-order valence-corrected chi connectivity index (χ3v) is 7.01. The molecule has 1 aromatic rings. The molecule has 0 radical (unpaired) electrons. The number of benzene rings is 1. The molecule has 1 saturated heterocycles. The van der Waals surface area contributed by atoms with E-state index in [1.54, 1.807) is 31.1 Å². The Kier molecular flexibility index (Phi) is 6.59. The number of likely N-dealkylation sites (tertiary alicyclic amines) is 1. The second-order valence-electron chi connectivity index (χ2n) is 6.30. The second kappa shape index (κ2) is 8.29. The zero-order valence-electron chi connectivity index (χ0n) is 15.5. The van der Waals surface area contributed by atoms with Gasteiger partial charge < -0.3 is 9.64 Å². The topological polar surface area (TPSA) is 66.9 Å². The maximum atomic E-state index is 12.8. The molecule has 0 saturated carbocycles. The van der Waals surface area contributed by atoms with Crippen LogP contribution in [-0.4, -0.2) is 62.9 Å². The van der Waals surface area contributed by atoms with E-state index in [9.17, 15) is 13.2 Å². The summed E-state index contributed by atoms with van der Waals surface area (Å²) < 4.78 is 32.4. The minimum atomic E-state index is -3.59. The van der Waals surface area contributed by atoms with Crippen LogP contribution >= 0.6 is 0 Å². The molecular formula is C18H28N2O4S.